The Morgan fingerprint density at radius 1 is 1.17 bits per heavy atom. The van der Waals surface area contributed by atoms with Crippen LogP contribution in [0.3, 0.4) is 0 Å². The predicted octanol–water partition coefficient (Wildman–Crippen LogP) is 5.43. The highest BCUT2D eigenvalue weighted by molar-refractivity contribution is 5.62. The van der Waals surface area contributed by atoms with Crippen LogP contribution in [0.15, 0.2) is 30.5 Å². The first-order valence-corrected chi connectivity index (χ1v) is 8.82. The van der Waals surface area contributed by atoms with E-state index < -0.39 is 41.0 Å². The Hall–Kier alpha value is -2.84. The Morgan fingerprint density at radius 2 is 1.83 bits per heavy atom. The summed E-state index contributed by atoms with van der Waals surface area (Å²) >= 11 is 0. The number of anilines is 1. The second kappa shape index (κ2) is 8.26. The highest BCUT2D eigenvalue weighted by atomic mass is 19.4. The number of carbonyl (C=O) groups excluding carboxylic acids is 1. The summed E-state index contributed by atoms with van der Waals surface area (Å²) in [6.45, 7) is 6.48. The van der Waals surface area contributed by atoms with E-state index in [1.54, 1.807) is 27.7 Å². The van der Waals surface area contributed by atoms with Crippen molar-refractivity contribution in [2.45, 2.75) is 52.0 Å². The number of hydrogen-bond acceptors (Lipinski definition) is 5. The van der Waals surface area contributed by atoms with E-state index in [1.165, 1.54) is 12.3 Å². The number of nitrogens with two attached hydrogens (primary N) is 1. The van der Waals surface area contributed by atoms with Gasteiger partial charge >= 0.3 is 12.3 Å². The average Bonchev–Trinajstić information content (AvgIpc) is 2.57. The monoisotopic (exact) mass is 414 g/mol. The molecule has 2 N–H and O–H groups in total. The van der Waals surface area contributed by atoms with Gasteiger partial charge in [0.25, 0.3) is 0 Å². The van der Waals surface area contributed by atoms with E-state index >= 15 is 0 Å². The van der Waals surface area contributed by atoms with Crippen molar-refractivity contribution in [3.8, 4) is 0 Å². The molecule has 1 atom stereocenters. The molecule has 2 rings (SSSR count). The van der Waals surface area contributed by atoms with E-state index in [9.17, 15) is 22.4 Å². The molecule has 1 aromatic heterocycles. The first-order chi connectivity index (χ1) is 13.3. The summed E-state index contributed by atoms with van der Waals surface area (Å²) in [5.74, 6) is -0.897. The van der Waals surface area contributed by atoms with Crippen molar-refractivity contribution in [1.29, 1.82) is 0 Å². The minimum absolute atomic E-state index is 0.0138. The average molecular weight is 414 g/mol. The third kappa shape index (κ3) is 5.82. The summed E-state index contributed by atoms with van der Waals surface area (Å²) in [4.78, 5) is 16.2. The van der Waals surface area contributed by atoms with Crippen LogP contribution >= 0.6 is 0 Å². The molecule has 1 heterocycles. The van der Waals surface area contributed by atoms with Crippen LogP contribution in [-0.4, -0.2) is 16.7 Å². The van der Waals surface area contributed by atoms with Crippen LogP contribution in [0.1, 0.15) is 56.1 Å². The molecule has 0 bridgehead atoms. The maximum atomic E-state index is 13.9. The van der Waals surface area contributed by atoms with Gasteiger partial charge in [0, 0.05) is 17.3 Å². The number of nitrogens with zero attached hydrogens (tertiary/aromatic N) is 1. The fourth-order valence-corrected chi connectivity index (χ4v) is 2.73. The molecule has 0 fully saturated rings. The number of rotatable bonds is 4. The Kier molecular flexibility index (Phi) is 6.40. The SMILES string of the molecule is CCc1cnc(N)cc1C(OC(=O)OC(C)(C)C)c1cc(F)ccc1C(F)(F)F. The topological polar surface area (TPSA) is 74.4 Å². The molecule has 0 amide bonds. The molecular formula is C20H22F4N2O3. The van der Waals surface area contributed by atoms with Crippen LogP contribution in [0.4, 0.5) is 28.2 Å². The number of alkyl halides is 3. The Morgan fingerprint density at radius 3 is 2.38 bits per heavy atom. The molecule has 0 aliphatic heterocycles. The normalized spacial score (nSPS) is 13.1. The van der Waals surface area contributed by atoms with Gasteiger partial charge < -0.3 is 15.2 Å². The van der Waals surface area contributed by atoms with Crippen molar-refractivity contribution < 1.29 is 31.8 Å². The number of ether oxygens (including phenoxy) is 2. The lowest BCUT2D eigenvalue weighted by atomic mass is 9.93. The highest BCUT2D eigenvalue weighted by Crippen LogP contribution is 2.40. The predicted molar refractivity (Wildman–Crippen MR) is 98.6 cm³/mol. The number of benzene rings is 1. The van der Waals surface area contributed by atoms with Crippen molar-refractivity contribution in [3.63, 3.8) is 0 Å². The maximum absolute atomic E-state index is 13.9. The summed E-state index contributed by atoms with van der Waals surface area (Å²) in [6.07, 6.45) is -5.85. The first kappa shape index (κ1) is 22.4. The summed E-state index contributed by atoms with van der Waals surface area (Å²) in [6, 6.07) is 3.29. The number of aryl methyl sites for hydroxylation is 1. The molecule has 1 aromatic carbocycles. The molecule has 0 radical (unpaired) electrons. The number of carbonyl (C=O) groups is 1. The Balaban J connectivity index is 2.68. The van der Waals surface area contributed by atoms with Gasteiger partial charge in [-0.25, -0.2) is 14.2 Å². The van der Waals surface area contributed by atoms with Crippen LogP contribution in [0.5, 0.6) is 0 Å². The molecule has 0 aliphatic carbocycles. The lowest BCUT2D eigenvalue weighted by Crippen LogP contribution is -2.27. The molecule has 1 unspecified atom stereocenters. The van der Waals surface area contributed by atoms with Gasteiger partial charge in [0.15, 0.2) is 6.10 Å². The fourth-order valence-electron chi connectivity index (χ4n) is 2.73. The lowest BCUT2D eigenvalue weighted by Gasteiger charge is -2.26. The number of halogens is 4. The highest BCUT2D eigenvalue weighted by Gasteiger charge is 2.38. The van der Waals surface area contributed by atoms with Gasteiger partial charge in [-0.15, -0.1) is 0 Å². The second-order valence-electron chi connectivity index (χ2n) is 7.35. The lowest BCUT2D eigenvalue weighted by molar-refractivity contribution is -0.139. The van der Waals surface area contributed by atoms with Crippen LogP contribution in [-0.2, 0) is 22.1 Å². The zero-order chi connectivity index (χ0) is 22.0. The van der Waals surface area contributed by atoms with E-state index in [-0.39, 0.29) is 11.4 Å². The summed E-state index contributed by atoms with van der Waals surface area (Å²) < 4.78 is 65.1. The second-order valence-corrected chi connectivity index (χ2v) is 7.35. The van der Waals surface area contributed by atoms with Crippen molar-refractivity contribution in [2.24, 2.45) is 0 Å². The molecule has 9 heteroatoms. The number of aromatic nitrogens is 1. The molecule has 0 aliphatic rings. The third-order valence-electron chi connectivity index (χ3n) is 3.91. The van der Waals surface area contributed by atoms with E-state index in [0.717, 1.165) is 0 Å². The van der Waals surface area contributed by atoms with Crippen LogP contribution in [0, 0.1) is 5.82 Å². The molecule has 29 heavy (non-hydrogen) atoms. The van der Waals surface area contributed by atoms with E-state index in [0.29, 0.717) is 30.2 Å². The van der Waals surface area contributed by atoms with Crippen LogP contribution in [0.25, 0.3) is 0 Å². The number of pyridine rings is 1. The quantitative estimate of drug-likeness (QED) is 0.534. The number of nitrogen functional groups attached to an aromatic ring is 1. The van der Waals surface area contributed by atoms with Gasteiger partial charge in [-0.1, -0.05) is 6.92 Å². The van der Waals surface area contributed by atoms with Gasteiger partial charge in [0.05, 0.1) is 5.56 Å². The Bertz CT molecular complexity index is 892. The van der Waals surface area contributed by atoms with E-state index in [2.05, 4.69) is 4.98 Å². The first-order valence-electron chi connectivity index (χ1n) is 8.82. The summed E-state index contributed by atoms with van der Waals surface area (Å²) in [5, 5.41) is 0. The molecule has 0 saturated carbocycles. The zero-order valence-corrected chi connectivity index (χ0v) is 16.4. The van der Waals surface area contributed by atoms with Crippen molar-refractivity contribution in [3.05, 3.63) is 58.5 Å². The third-order valence-corrected chi connectivity index (χ3v) is 3.91. The summed E-state index contributed by atoms with van der Waals surface area (Å²) in [5.41, 5.74) is 3.72. The molecule has 2 aromatic rings. The molecular weight excluding hydrogens is 392 g/mol. The van der Waals surface area contributed by atoms with Crippen molar-refractivity contribution in [2.75, 3.05) is 5.73 Å². The molecule has 5 nitrogen and oxygen atoms in total. The van der Waals surface area contributed by atoms with Gasteiger partial charge in [-0.3, -0.25) is 0 Å². The van der Waals surface area contributed by atoms with Crippen LogP contribution < -0.4 is 5.73 Å². The standard InChI is InChI=1S/C20H22F4N2O3/c1-5-11-10-26-16(25)9-13(11)17(28-18(27)29-19(2,3)4)14-8-12(21)6-7-15(14)20(22,23)24/h6-10,17H,5H2,1-4H3,(H2,25,26). The number of hydrogen-bond donors (Lipinski definition) is 1. The molecule has 158 valence electrons. The fraction of sp³-hybridized carbons (Fsp3) is 0.400. The minimum Gasteiger partial charge on any atom is -0.429 e. The van der Waals surface area contributed by atoms with Gasteiger partial charge in [-0.2, -0.15) is 13.2 Å². The smallest absolute Gasteiger partial charge is 0.429 e. The largest absolute Gasteiger partial charge is 0.509 e. The van der Waals surface area contributed by atoms with Gasteiger partial charge in [-0.05, 0) is 57.0 Å². The van der Waals surface area contributed by atoms with Crippen molar-refractivity contribution >= 4 is 12.0 Å². The minimum atomic E-state index is -4.80. The van der Waals surface area contributed by atoms with Gasteiger partial charge in [0.2, 0.25) is 0 Å². The van der Waals surface area contributed by atoms with E-state index in [1.807, 2.05) is 0 Å². The molecule has 0 saturated heterocycles. The van der Waals surface area contributed by atoms with E-state index in [4.69, 9.17) is 15.2 Å². The van der Waals surface area contributed by atoms with Crippen molar-refractivity contribution in [1.82, 2.24) is 4.98 Å². The van der Waals surface area contributed by atoms with Gasteiger partial charge in [0.1, 0.15) is 17.2 Å². The maximum Gasteiger partial charge on any atom is 0.509 e. The Labute approximate surface area is 165 Å². The molecule has 0 spiro atoms. The van der Waals surface area contributed by atoms with Crippen LogP contribution in [0.2, 0.25) is 0 Å². The zero-order valence-electron chi connectivity index (χ0n) is 16.4. The summed E-state index contributed by atoms with van der Waals surface area (Å²) in [7, 11) is 0.